The fourth-order valence-electron chi connectivity index (χ4n) is 0.858. The predicted octanol–water partition coefficient (Wildman–Crippen LogP) is 1.73. The average molecular weight is 222 g/mol. The van der Waals surface area contributed by atoms with Gasteiger partial charge in [-0.1, -0.05) is 0 Å². The van der Waals surface area contributed by atoms with Gasteiger partial charge in [0.05, 0.1) is 12.8 Å². The summed E-state index contributed by atoms with van der Waals surface area (Å²) >= 11 is 0. The first-order valence-corrected chi connectivity index (χ1v) is 4.00. The number of ether oxygens (including phenoxy) is 2. The third-order valence-electron chi connectivity index (χ3n) is 1.43. The molecule has 84 valence electrons. The number of nitrogens with zero attached hydrogens (tertiary/aromatic N) is 2. The molecule has 0 saturated carbocycles. The molecule has 0 radical (unpaired) electrons. The zero-order chi connectivity index (χ0) is 11.5. The van der Waals surface area contributed by atoms with Gasteiger partial charge in [0.1, 0.15) is 0 Å². The molecule has 0 bridgehead atoms. The minimum atomic E-state index is -4.39. The molecular weight excluding hydrogens is 213 g/mol. The van der Waals surface area contributed by atoms with Crippen LogP contribution >= 0.6 is 0 Å². The fraction of sp³-hybridized carbons (Fsp3) is 0.500. The van der Waals surface area contributed by atoms with Crippen LogP contribution < -0.4 is 9.47 Å². The monoisotopic (exact) mass is 222 g/mol. The van der Waals surface area contributed by atoms with Gasteiger partial charge >= 0.3 is 6.18 Å². The van der Waals surface area contributed by atoms with Crippen LogP contribution in [0.1, 0.15) is 5.69 Å². The highest BCUT2D eigenvalue weighted by Gasteiger charge is 2.29. The maximum atomic E-state index is 11.9. The first-order valence-electron chi connectivity index (χ1n) is 4.00. The van der Waals surface area contributed by atoms with Gasteiger partial charge in [-0.2, -0.15) is 18.3 Å². The van der Waals surface area contributed by atoms with Gasteiger partial charge in [0.15, 0.2) is 12.4 Å². The number of rotatable bonds is 3. The van der Waals surface area contributed by atoms with Crippen LogP contribution in [0.25, 0.3) is 0 Å². The van der Waals surface area contributed by atoms with Crippen LogP contribution in [0.3, 0.4) is 0 Å². The number of methoxy groups -OCH3 is 1. The van der Waals surface area contributed by atoms with Gasteiger partial charge in [0.2, 0.25) is 0 Å². The van der Waals surface area contributed by atoms with Crippen molar-refractivity contribution in [2.24, 2.45) is 0 Å². The highest BCUT2D eigenvalue weighted by atomic mass is 19.4. The zero-order valence-corrected chi connectivity index (χ0v) is 8.13. The largest absolute Gasteiger partial charge is 0.478 e. The summed E-state index contributed by atoms with van der Waals surface area (Å²) in [6.07, 6.45) is -4.39. The van der Waals surface area contributed by atoms with Crippen molar-refractivity contribution >= 4 is 0 Å². The van der Waals surface area contributed by atoms with Crippen LogP contribution in [0.2, 0.25) is 0 Å². The van der Waals surface area contributed by atoms with E-state index in [4.69, 9.17) is 4.74 Å². The molecule has 1 aromatic rings. The van der Waals surface area contributed by atoms with E-state index in [2.05, 4.69) is 14.9 Å². The van der Waals surface area contributed by atoms with Gasteiger partial charge in [0, 0.05) is 6.07 Å². The number of halogens is 3. The molecule has 1 rings (SSSR count). The molecule has 0 atom stereocenters. The van der Waals surface area contributed by atoms with E-state index in [9.17, 15) is 13.2 Å². The third-order valence-corrected chi connectivity index (χ3v) is 1.43. The molecule has 15 heavy (non-hydrogen) atoms. The number of aromatic nitrogens is 2. The van der Waals surface area contributed by atoms with E-state index >= 15 is 0 Å². The number of aryl methyl sites for hydroxylation is 1. The SMILES string of the molecule is COc1nnc(C)cc1OCC(F)(F)F. The van der Waals surface area contributed by atoms with Gasteiger partial charge in [-0.3, -0.25) is 0 Å². The standard InChI is InChI=1S/C8H9F3N2O2/c1-5-3-6(7(14-2)13-12-5)15-4-8(9,10)11/h3H,4H2,1-2H3. The molecule has 0 fully saturated rings. The highest BCUT2D eigenvalue weighted by molar-refractivity contribution is 5.33. The lowest BCUT2D eigenvalue weighted by molar-refractivity contribution is -0.153. The summed E-state index contributed by atoms with van der Waals surface area (Å²) in [5, 5.41) is 7.15. The Labute approximate surface area is 84.0 Å². The molecule has 0 aliphatic carbocycles. The van der Waals surface area contributed by atoms with Crippen molar-refractivity contribution in [1.82, 2.24) is 10.2 Å². The second-order valence-corrected chi connectivity index (χ2v) is 2.76. The smallest absolute Gasteiger partial charge is 0.422 e. The number of hydrogen-bond acceptors (Lipinski definition) is 4. The van der Waals surface area contributed by atoms with E-state index in [0.29, 0.717) is 5.69 Å². The zero-order valence-electron chi connectivity index (χ0n) is 8.13. The lowest BCUT2D eigenvalue weighted by atomic mass is 10.4. The lowest BCUT2D eigenvalue weighted by Crippen LogP contribution is -2.19. The molecule has 0 spiro atoms. The van der Waals surface area contributed by atoms with E-state index < -0.39 is 12.8 Å². The lowest BCUT2D eigenvalue weighted by Gasteiger charge is -2.11. The Morgan fingerprint density at radius 2 is 2.00 bits per heavy atom. The van der Waals surface area contributed by atoms with Crippen molar-refractivity contribution < 1.29 is 22.6 Å². The second kappa shape index (κ2) is 4.33. The van der Waals surface area contributed by atoms with E-state index in [1.54, 1.807) is 6.92 Å². The Hall–Kier alpha value is -1.53. The van der Waals surface area contributed by atoms with Crippen LogP contribution in [0, 0.1) is 6.92 Å². The predicted molar refractivity (Wildman–Crippen MR) is 44.9 cm³/mol. The molecule has 0 aliphatic rings. The number of hydrogen-bond donors (Lipinski definition) is 0. The molecule has 7 heteroatoms. The normalized spacial score (nSPS) is 11.3. The Balaban J connectivity index is 2.79. The Bertz CT molecular complexity index is 341. The minimum absolute atomic E-state index is 0.0650. The fourth-order valence-corrected chi connectivity index (χ4v) is 0.858. The van der Waals surface area contributed by atoms with Gasteiger partial charge in [-0.05, 0) is 6.92 Å². The summed E-state index contributed by atoms with van der Waals surface area (Å²) in [5.41, 5.74) is 0.452. The van der Waals surface area contributed by atoms with Crippen molar-refractivity contribution in [3.63, 3.8) is 0 Å². The molecule has 0 aromatic carbocycles. The van der Waals surface area contributed by atoms with Crippen molar-refractivity contribution in [2.75, 3.05) is 13.7 Å². The quantitative estimate of drug-likeness (QED) is 0.781. The minimum Gasteiger partial charge on any atom is -0.478 e. The summed E-state index contributed by atoms with van der Waals surface area (Å²) in [6, 6.07) is 1.33. The summed E-state index contributed by atoms with van der Waals surface area (Å²) in [5.74, 6) is -0.132. The Morgan fingerprint density at radius 1 is 1.33 bits per heavy atom. The van der Waals surface area contributed by atoms with E-state index in [1.165, 1.54) is 13.2 Å². The summed E-state index contributed by atoms with van der Waals surface area (Å²) in [6.45, 7) is 0.210. The van der Waals surface area contributed by atoms with Crippen molar-refractivity contribution in [3.05, 3.63) is 11.8 Å². The van der Waals surface area contributed by atoms with Crippen molar-refractivity contribution in [1.29, 1.82) is 0 Å². The van der Waals surface area contributed by atoms with Crippen LogP contribution in [-0.4, -0.2) is 30.1 Å². The molecule has 1 heterocycles. The molecule has 4 nitrogen and oxygen atoms in total. The van der Waals surface area contributed by atoms with Crippen molar-refractivity contribution in [3.8, 4) is 11.6 Å². The molecule has 0 aliphatic heterocycles. The van der Waals surface area contributed by atoms with Gasteiger partial charge < -0.3 is 9.47 Å². The molecule has 0 amide bonds. The topological polar surface area (TPSA) is 44.2 Å². The van der Waals surface area contributed by atoms with Crippen LogP contribution in [-0.2, 0) is 0 Å². The van der Waals surface area contributed by atoms with Gasteiger partial charge in [0.25, 0.3) is 5.88 Å². The van der Waals surface area contributed by atoms with Crippen LogP contribution in [0.4, 0.5) is 13.2 Å². The van der Waals surface area contributed by atoms with E-state index in [1.807, 2.05) is 0 Å². The van der Waals surface area contributed by atoms with E-state index in [0.717, 1.165) is 0 Å². The first kappa shape index (κ1) is 11.5. The second-order valence-electron chi connectivity index (χ2n) is 2.76. The molecule has 0 unspecified atom stereocenters. The van der Waals surface area contributed by atoms with Gasteiger partial charge in [-0.25, -0.2) is 0 Å². The summed E-state index contributed by atoms with van der Waals surface area (Å²) in [4.78, 5) is 0. The van der Waals surface area contributed by atoms with E-state index in [-0.39, 0.29) is 11.6 Å². The number of alkyl halides is 3. The van der Waals surface area contributed by atoms with Crippen LogP contribution in [0.5, 0.6) is 11.6 Å². The van der Waals surface area contributed by atoms with Crippen LogP contribution in [0.15, 0.2) is 6.07 Å². The molecule has 0 saturated heterocycles. The Kier molecular flexibility index (Phi) is 3.33. The first-order chi connectivity index (χ1) is 6.92. The highest BCUT2D eigenvalue weighted by Crippen LogP contribution is 2.25. The molecule has 0 N–H and O–H groups in total. The average Bonchev–Trinajstić information content (AvgIpc) is 2.14. The summed E-state index contributed by atoms with van der Waals surface area (Å²) in [7, 11) is 1.28. The molecule has 1 aromatic heterocycles. The third kappa shape index (κ3) is 3.61. The maximum absolute atomic E-state index is 11.9. The van der Waals surface area contributed by atoms with Crippen molar-refractivity contribution in [2.45, 2.75) is 13.1 Å². The maximum Gasteiger partial charge on any atom is 0.422 e. The Morgan fingerprint density at radius 3 is 2.53 bits per heavy atom. The van der Waals surface area contributed by atoms with Gasteiger partial charge in [-0.15, -0.1) is 5.10 Å². The molecular formula is C8H9F3N2O2. The summed E-state index contributed by atoms with van der Waals surface area (Å²) < 4.78 is 44.8.